The zero-order valence-electron chi connectivity index (χ0n) is 11.8. The van der Waals surface area contributed by atoms with Gasteiger partial charge >= 0.3 is 0 Å². The Morgan fingerprint density at radius 3 is 2.47 bits per heavy atom. The van der Waals surface area contributed by atoms with Crippen LogP contribution in [0.1, 0.15) is 25.5 Å². The fourth-order valence-corrected chi connectivity index (χ4v) is 2.86. The van der Waals surface area contributed by atoms with Gasteiger partial charge in [0.1, 0.15) is 5.75 Å². The molecule has 1 aliphatic rings. The van der Waals surface area contributed by atoms with Crippen LogP contribution in [0.5, 0.6) is 5.75 Å². The maximum Gasteiger partial charge on any atom is 0.120 e. The van der Waals surface area contributed by atoms with Gasteiger partial charge in [0, 0.05) is 49.8 Å². The molecule has 0 saturated carbocycles. The number of benzene rings is 1. The fourth-order valence-electron chi connectivity index (χ4n) is 2.86. The van der Waals surface area contributed by atoms with Crippen LogP contribution < -0.4 is 5.32 Å². The van der Waals surface area contributed by atoms with E-state index in [1.165, 1.54) is 0 Å². The number of para-hydroxylation sites is 1. The number of piperazine rings is 1. The summed E-state index contributed by atoms with van der Waals surface area (Å²) >= 11 is 0. The lowest BCUT2D eigenvalue weighted by Crippen LogP contribution is -2.49. The molecule has 1 saturated heterocycles. The van der Waals surface area contributed by atoms with Crippen molar-refractivity contribution in [1.29, 1.82) is 0 Å². The standard InChI is InChI=1S/C15H24N2O2/c1-15(2,11-18)14(17-9-7-16-8-10-17)12-5-3-4-6-13(12)19/h3-6,14,16,18-19H,7-11H2,1-2H3/t14-/m1/s1. The van der Waals surface area contributed by atoms with E-state index in [1.54, 1.807) is 6.07 Å². The van der Waals surface area contributed by atoms with Crippen LogP contribution in [0.15, 0.2) is 24.3 Å². The third-order valence-electron chi connectivity index (χ3n) is 3.90. The first-order valence-electron chi connectivity index (χ1n) is 6.90. The Bertz CT molecular complexity index is 414. The molecule has 1 aromatic carbocycles. The minimum absolute atomic E-state index is 0.0285. The number of hydrogen-bond donors (Lipinski definition) is 3. The van der Waals surface area contributed by atoms with Crippen LogP contribution >= 0.6 is 0 Å². The van der Waals surface area contributed by atoms with Crippen molar-refractivity contribution in [3.8, 4) is 5.75 Å². The van der Waals surface area contributed by atoms with Gasteiger partial charge in [0.15, 0.2) is 0 Å². The van der Waals surface area contributed by atoms with E-state index >= 15 is 0 Å². The topological polar surface area (TPSA) is 55.7 Å². The van der Waals surface area contributed by atoms with Crippen molar-refractivity contribution in [2.75, 3.05) is 32.8 Å². The summed E-state index contributed by atoms with van der Waals surface area (Å²) in [5, 5.41) is 23.2. The first kappa shape index (κ1) is 14.3. The lowest BCUT2D eigenvalue weighted by atomic mass is 9.79. The number of nitrogens with zero attached hydrogens (tertiary/aromatic N) is 1. The second kappa shape index (κ2) is 5.90. The average Bonchev–Trinajstić information content (AvgIpc) is 2.42. The second-order valence-electron chi connectivity index (χ2n) is 5.89. The van der Waals surface area contributed by atoms with Crippen LogP contribution in [0.3, 0.4) is 0 Å². The first-order chi connectivity index (χ1) is 9.06. The summed E-state index contributed by atoms with van der Waals surface area (Å²) in [6.07, 6.45) is 0. The van der Waals surface area contributed by atoms with Crippen molar-refractivity contribution in [3.63, 3.8) is 0 Å². The number of aromatic hydroxyl groups is 1. The lowest BCUT2D eigenvalue weighted by molar-refractivity contribution is 0.0293. The van der Waals surface area contributed by atoms with Gasteiger partial charge in [-0.1, -0.05) is 32.0 Å². The summed E-state index contributed by atoms with van der Waals surface area (Å²) < 4.78 is 0. The van der Waals surface area contributed by atoms with Crippen LogP contribution in [-0.4, -0.2) is 47.9 Å². The smallest absolute Gasteiger partial charge is 0.120 e. The van der Waals surface area contributed by atoms with E-state index in [2.05, 4.69) is 10.2 Å². The molecule has 0 spiro atoms. The van der Waals surface area contributed by atoms with E-state index in [0.29, 0.717) is 5.75 Å². The quantitative estimate of drug-likeness (QED) is 0.768. The Hall–Kier alpha value is -1.10. The van der Waals surface area contributed by atoms with Crippen LogP contribution in [0.2, 0.25) is 0 Å². The zero-order chi connectivity index (χ0) is 13.9. The number of phenolic OH excluding ortho intramolecular Hbond substituents is 1. The summed E-state index contributed by atoms with van der Waals surface area (Å²) in [6.45, 7) is 7.95. The Balaban J connectivity index is 2.36. The number of phenols is 1. The third kappa shape index (κ3) is 3.08. The van der Waals surface area contributed by atoms with E-state index in [0.717, 1.165) is 31.7 Å². The molecule has 1 fully saturated rings. The van der Waals surface area contributed by atoms with Crippen molar-refractivity contribution >= 4 is 0 Å². The van der Waals surface area contributed by atoms with Crippen LogP contribution in [0, 0.1) is 5.41 Å². The molecule has 1 atom stereocenters. The highest BCUT2D eigenvalue weighted by Gasteiger charge is 2.36. The Morgan fingerprint density at radius 2 is 1.89 bits per heavy atom. The molecular weight excluding hydrogens is 240 g/mol. The van der Waals surface area contributed by atoms with Gasteiger partial charge in [-0.3, -0.25) is 4.90 Å². The molecule has 3 N–H and O–H groups in total. The first-order valence-corrected chi connectivity index (χ1v) is 6.90. The molecule has 0 unspecified atom stereocenters. The summed E-state index contributed by atoms with van der Waals surface area (Å²) in [5.41, 5.74) is 0.611. The van der Waals surface area contributed by atoms with Gasteiger partial charge in [-0.05, 0) is 6.07 Å². The Morgan fingerprint density at radius 1 is 1.26 bits per heavy atom. The molecular formula is C15H24N2O2. The van der Waals surface area contributed by atoms with Gasteiger partial charge < -0.3 is 15.5 Å². The molecule has 0 bridgehead atoms. The molecule has 1 aliphatic heterocycles. The van der Waals surface area contributed by atoms with Crippen molar-refractivity contribution in [2.24, 2.45) is 5.41 Å². The van der Waals surface area contributed by atoms with Crippen molar-refractivity contribution in [3.05, 3.63) is 29.8 Å². The number of hydrogen-bond acceptors (Lipinski definition) is 4. The highest BCUT2D eigenvalue weighted by molar-refractivity contribution is 5.36. The van der Waals surface area contributed by atoms with Crippen molar-refractivity contribution in [2.45, 2.75) is 19.9 Å². The Labute approximate surface area is 115 Å². The molecule has 106 valence electrons. The molecule has 0 aliphatic carbocycles. The summed E-state index contributed by atoms with van der Waals surface area (Å²) in [5.74, 6) is 0.313. The highest BCUT2D eigenvalue weighted by Crippen LogP contribution is 2.41. The van der Waals surface area contributed by atoms with Gasteiger partial charge in [-0.15, -0.1) is 0 Å². The number of aliphatic hydroxyl groups excluding tert-OH is 1. The SMILES string of the molecule is CC(C)(CO)[C@@H](c1ccccc1O)N1CCNCC1. The number of aliphatic hydroxyl groups is 1. The maximum absolute atomic E-state index is 10.1. The van der Waals surface area contributed by atoms with Gasteiger partial charge in [-0.25, -0.2) is 0 Å². The molecule has 1 aromatic rings. The molecule has 4 heteroatoms. The van der Waals surface area contributed by atoms with Crippen LogP contribution in [0.4, 0.5) is 0 Å². The van der Waals surface area contributed by atoms with Crippen molar-refractivity contribution in [1.82, 2.24) is 10.2 Å². The lowest BCUT2D eigenvalue weighted by Gasteiger charge is -2.43. The molecule has 19 heavy (non-hydrogen) atoms. The normalized spacial score (nSPS) is 19.3. The van der Waals surface area contributed by atoms with Gasteiger partial charge in [0.05, 0.1) is 0 Å². The average molecular weight is 264 g/mol. The minimum Gasteiger partial charge on any atom is -0.508 e. The minimum atomic E-state index is -0.295. The summed E-state index contributed by atoms with van der Waals surface area (Å²) in [6, 6.07) is 7.48. The van der Waals surface area contributed by atoms with Crippen LogP contribution in [-0.2, 0) is 0 Å². The molecule has 0 radical (unpaired) electrons. The van der Waals surface area contributed by atoms with E-state index in [4.69, 9.17) is 0 Å². The van der Waals surface area contributed by atoms with E-state index in [-0.39, 0.29) is 18.1 Å². The summed E-state index contributed by atoms with van der Waals surface area (Å²) in [7, 11) is 0. The maximum atomic E-state index is 10.1. The molecule has 0 amide bonds. The zero-order valence-corrected chi connectivity index (χ0v) is 11.8. The van der Waals surface area contributed by atoms with Crippen molar-refractivity contribution < 1.29 is 10.2 Å². The Kier molecular flexibility index (Phi) is 4.45. The number of nitrogens with one attached hydrogen (secondary N) is 1. The molecule has 2 rings (SSSR count). The second-order valence-corrected chi connectivity index (χ2v) is 5.89. The molecule has 4 nitrogen and oxygen atoms in total. The molecule has 1 heterocycles. The van der Waals surface area contributed by atoms with E-state index in [1.807, 2.05) is 32.0 Å². The predicted octanol–water partition coefficient (Wildman–Crippen LogP) is 1.36. The van der Waals surface area contributed by atoms with Gasteiger partial charge in [-0.2, -0.15) is 0 Å². The monoisotopic (exact) mass is 264 g/mol. The van der Waals surface area contributed by atoms with E-state index < -0.39 is 0 Å². The highest BCUT2D eigenvalue weighted by atomic mass is 16.3. The van der Waals surface area contributed by atoms with Gasteiger partial charge in [0.25, 0.3) is 0 Å². The van der Waals surface area contributed by atoms with E-state index in [9.17, 15) is 10.2 Å². The fraction of sp³-hybridized carbons (Fsp3) is 0.600. The third-order valence-corrected chi connectivity index (χ3v) is 3.90. The number of rotatable bonds is 4. The molecule has 0 aromatic heterocycles. The van der Waals surface area contributed by atoms with Gasteiger partial charge in [0.2, 0.25) is 0 Å². The predicted molar refractivity (Wildman–Crippen MR) is 76.2 cm³/mol. The largest absolute Gasteiger partial charge is 0.508 e. The summed E-state index contributed by atoms with van der Waals surface area (Å²) in [4.78, 5) is 2.35. The van der Waals surface area contributed by atoms with Crippen LogP contribution in [0.25, 0.3) is 0 Å².